The number of unbranched alkanes of at least 4 members (excludes halogenated alkanes) is 49. The van der Waals surface area contributed by atoms with Crippen molar-refractivity contribution in [3.05, 3.63) is 24.3 Å². The zero-order chi connectivity index (χ0) is 55.0. The summed E-state index contributed by atoms with van der Waals surface area (Å²) in [5, 5.41) is 0. The van der Waals surface area contributed by atoms with Crippen LogP contribution in [0.15, 0.2) is 24.3 Å². The highest BCUT2D eigenvalue weighted by molar-refractivity contribution is 5.71. The number of carbonyl (C=O) groups excluding carboxylic acids is 3. The summed E-state index contributed by atoms with van der Waals surface area (Å²) in [4.78, 5) is 38.1. The van der Waals surface area contributed by atoms with Gasteiger partial charge in [0.2, 0.25) is 0 Å². The van der Waals surface area contributed by atoms with Gasteiger partial charge in [-0.3, -0.25) is 14.4 Å². The Labute approximate surface area is 474 Å². The normalized spacial score (nSPS) is 12.1. The van der Waals surface area contributed by atoms with Gasteiger partial charge in [0.15, 0.2) is 6.10 Å². The maximum Gasteiger partial charge on any atom is 0.306 e. The van der Waals surface area contributed by atoms with E-state index in [0.29, 0.717) is 19.3 Å². The van der Waals surface area contributed by atoms with Crippen molar-refractivity contribution in [1.82, 2.24) is 0 Å². The van der Waals surface area contributed by atoms with Crippen molar-refractivity contribution in [2.75, 3.05) is 13.2 Å². The van der Waals surface area contributed by atoms with Gasteiger partial charge in [0.1, 0.15) is 13.2 Å². The van der Waals surface area contributed by atoms with Crippen molar-refractivity contribution in [3.63, 3.8) is 0 Å². The lowest BCUT2D eigenvalue weighted by Gasteiger charge is -2.18. The van der Waals surface area contributed by atoms with E-state index < -0.39 is 6.10 Å². The fourth-order valence-corrected chi connectivity index (χ4v) is 10.5. The van der Waals surface area contributed by atoms with Gasteiger partial charge in [0.05, 0.1) is 0 Å². The summed E-state index contributed by atoms with van der Waals surface area (Å²) in [5.41, 5.74) is 0. The highest BCUT2D eigenvalue weighted by Crippen LogP contribution is 2.19. The number of esters is 3. The number of allylic oxidation sites excluding steroid dienone is 4. The van der Waals surface area contributed by atoms with Crippen molar-refractivity contribution in [1.29, 1.82) is 0 Å². The summed E-state index contributed by atoms with van der Waals surface area (Å²) in [5.74, 6) is -0.854. The van der Waals surface area contributed by atoms with Crippen molar-refractivity contribution in [2.45, 2.75) is 393 Å². The lowest BCUT2D eigenvalue weighted by molar-refractivity contribution is -0.167. The van der Waals surface area contributed by atoms with Gasteiger partial charge in [-0.1, -0.05) is 340 Å². The molecule has 0 bridgehead atoms. The lowest BCUT2D eigenvalue weighted by atomic mass is 10.0. The standard InChI is InChI=1S/C70H132O6/c1-4-7-10-13-16-18-20-22-24-26-28-29-30-31-32-33-34-35-36-37-38-39-40-42-43-45-47-49-51-54-57-60-63-69(72)75-66-67(65-74-68(71)62-59-56-53-15-12-9-6-3)76-70(73)64-61-58-55-52-50-48-46-44-41-27-25-23-21-19-17-14-11-8-5-2/h17,19,23,25,67H,4-16,18,20-22,24,26-66H2,1-3H3/b19-17-,25-23-. The Morgan fingerprint density at radius 3 is 0.750 bits per heavy atom. The Balaban J connectivity index is 3.96. The quantitative estimate of drug-likeness (QED) is 0.0261. The SMILES string of the molecule is CCCCC/C=C\C/C=C\CCCCCCCCCCCC(=O)OC(COC(=O)CCCCCCCCC)COC(=O)CCCCCCCCCCCCCCCCCCCCCCCCCCCCCCCCCC. The Hall–Kier alpha value is -2.11. The van der Waals surface area contributed by atoms with Crippen LogP contribution < -0.4 is 0 Å². The zero-order valence-corrected chi connectivity index (χ0v) is 51.6. The van der Waals surface area contributed by atoms with E-state index in [2.05, 4.69) is 45.1 Å². The van der Waals surface area contributed by atoms with Crippen molar-refractivity contribution in [3.8, 4) is 0 Å². The minimum absolute atomic E-state index is 0.0677. The van der Waals surface area contributed by atoms with Crippen molar-refractivity contribution >= 4 is 17.9 Å². The van der Waals surface area contributed by atoms with Gasteiger partial charge >= 0.3 is 17.9 Å². The molecule has 0 aromatic carbocycles. The highest BCUT2D eigenvalue weighted by atomic mass is 16.6. The van der Waals surface area contributed by atoms with E-state index in [1.165, 1.54) is 283 Å². The predicted octanol–water partition coefficient (Wildman–Crippen LogP) is 23.4. The summed E-state index contributed by atoms with van der Waals surface area (Å²) >= 11 is 0. The van der Waals surface area contributed by atoms with Gasteiger partial charge in [-0.25, -0.2) is 0 Å². The molecule has 0 amide bonds. The summed E-state index contributed by atoms with van der Waals surface area (Å²) < 4.78 is 16.9. The van der Waals surface area contributed by atoms with E-state index in [1.807, 2.05) is 0 Å². The van der Waals surface area contributed by atoms with Gasteiger partial charge in [0.25, 0.3) is 0 Å². The molecule has 76 heavy (non-hydrogen) atoms. The fourth-order valence-electron chi connectivity index (χ4n) is 10.5. The Morgan fingerprint density at radius 2 is 0.474 bits per heavy atom. The van der Waals surface area contributed by atoms with Gasteiger partial charge in [-0.2, -0.15) is 0 Å². The molecule has 0 aromatic rings. The number of rotatable bonds is 64. The molecule has 0 spiro atoms. The minimum Gasteiger partial charge on any atom is -0.462 e. The number of hydrogen-bond donors (Lipinski definition) is 0. The molecule has 0 rings (SSSR count). The van der Waals surface area contributed by atoms with Crippen LogP contribution in [-0.2, 0) is 28.6 Å². The Morgan fingerprint density at radius 1 is 0.263 bits per heavy atom. The summed E-state index contributed by atoms with van der Waals surface area (Å²) in [7, 11) is 0. The molecule has 6 nitrogen and oxygen atoms in total. The molecular formula is C70H132O6. The lowest BCUT2D eigenvalue weighted by Crippen LogP contribution is -2.30. The molecular weight excluding hydrogens is 937 g/mol. The second-order valence-electron chi connectivity index (χ2n) is 23.5. The first kappa shape index (κ1) is 73.9. The third kappa shape index (κ3) is 62.7. The molecule has 0 aliphatic carbocycles. The monoisotopic (exact) mass is 1070 g/mol. The molecule has 0 aliphatic heterocycles. The number of carbonyl (C=O) groups is 3. The Kier molecular flexibility index (Phi) is 63.6. The molecule has 1 atom stereocenters. The van der Waals surface area contributed by atoms with Crippen molar-refractivity contribution in [2.24, 2.45) is 0 Å². The van der Waals surface area contributed by atoms with Crippen LogP contribution in [-0.4, -0.2) is 37.2 Å². The fraction of sp³-hybridized carbons (Fsp3) is 0.900. The molecule has 0 aromatic heterocycles. The largest absolute Gasteiger partial charge is 0.462 e. The maximum atomic E-state index is 12.9. The molecule has 6 heteroatoms. The molecule has 0 aliphatic rings. The molecule has 0 radical (unpaired) electrons. The highest BCUT2D eigenvalue weighted by Gasteiger charge is 2.19. The smallest absolute Gasteiger partial charge is 0.306 e. The summed E-state index contributed by atoms with van der Waals surface area (Å²) in [6.45, 7) is 6.64. The first-order chi connectivity index (χ1) is 37.5. The van der Waals surface area contributed by atoms with E-state index in [0.717, 1.165) is 64.2 Å². The van der Waals surface area contributed by atoms with E-state index in [9.17, 15) is 14.4 Å². The van der Waals surface area contributed by atoms with Crippen molar-refractivity contribution < 1.29 is 28.6 Å². The topological polar surface area (TPSA) is 78.9 Å². The van der Waals surface area contributed by atoms with Crippen LogP contribution in [0.4, 0.5) is 0 Å². The van der Waals surface area contributed by atoms with Gasteiger partial charge in [0, 0.05) is 19.3 Å². The van der Waals surface area contributed by atoms with Crippen LogP contribution >= 0.6 is 0 Å². The molecule has 448 valence electrons. The molecule has 1 unspecified atom stereocenters. The summed E-state index contributed by atoms with van der Waals surface area (Å²) in [6, 6.07) is 0. The van der Waals surface area contributed by atoms with E-state index in [4.69, 9.17) is 14.2 Å². The Bertz CT molecular complexity index is 1230. The molecule has 0 N–H and O–H groups in total. The maximum absolute atomic E-state index is 12.9. The first-order valence-corrected chi connectivity index (χ1v) is 34.3. The average molecular weight is 1070 g/mol. The van der Waals surface area contributed by atoms with E-state index in [-0.39, 0.29) is 31.1 Å². The third-order valence-corrected chi connectivity index (χ3v) is 15.7. The number of ether oxygens (including phenoxy) is 3. The molecule has 0 heterocycles. The van der Waals surface area contributed by atoms with Gasteiger partial charge in [-0.15, -0.1) is 0 Å². The van der Waals surface area contributed by atoms with Crippen LogP contribution in [0.3, 0.4) is 0 Å². The predicted molar refractivity (Wildman–Crippen MR) is 330 cm³/mol. The zero-order valence-electron chi connectivity index (χ0n) is 51.6. The molecule has 0 fully saturated rings. The third-order valence-electron chi connectivity index (χ3n) is 15.7. The molecule has 0 saturated heterocycles. The second-order valence-corrected chi connectivity index (χ2v) is 23.5. The van der Waals surface area contributed by atoms with Crippen LogP contribution in [0.5, 0.6) is 0 Å². The van der Waals surface area contributed by atoms with Crippen LogP contribution in [0.1, 0.15) is 387 Å². The second kappa shape index (κ2) is 65.4. The van der Waals surface area contributed by atoms with Gasteiger partial charge < -0.3 is 14.2 Å². The van der Waals surface area contributed by atoms with E-state index in [1.54, 1.807) is 0 Å². The van der Waals surface area contributed by atoms with Crippen LogP contribution in [0.2, 0.25) is 0 Å². The van der Waals surface area contributed by atoms with E-state index >= 15 is 0 Å². The van der Waals surface area contributed by atoms with Crippen LogP contribution in [0.25, 0.3) is 0 Å². The average Bonchev–Trinajstić information content (AvgIpc) is 3.42. The first-order valence-electron chi connectivity index (χ1n) is 34.3. The number of hydrogen-bond acceptors (Lipinski definition) is 6. The summed E-state index contributed by atoms with van der Waals surface area (Å²) in [6.07, 6.45) is 79.6. The van der Waals surface area contributed by atoms with Crippen LogP contribution in [0, 0.1) is 0 Å². The molecule has 0 saturated carbocycles. The van der Waals surface area contributed by atoms with Gasteiger partial charge in [-0.05, 0) is 51.4 Å². The minimum atomic E-state index is -0.768.